The van der Waals surface area contributed by atoms with E-state index in [4.69, 9.17) is 9.47 Å². The Kier molecular flexibility index (Phi) is 14.9. The maximum atomic E-state index is 12.3. The highest BCUT2D eigenvalue weighted by Crippen LogP contribution is 2.41. The fraction of sp³-hybridized carbons (Fsp3) is 0.600. The molecule has 0 radical (unpaired) electrons. The lowest BCUT2D eigenvalue weighted by atomic mass is 9.71. The summed E-state index contributed by atoms with van der Waals surface area (Å²) in [6.07, 6.45) is 2.87. The molecule has 2 amide bonds. The molecule has 2 aromatic carbocycles. The molecule has 10 nitrogen and oxygen atoms in total. The Labute approximate surface area is 298 Å². The summed E-state index contributed by atoms with van der Waals surface area (Å²) in [7, 11) is 0. The molecule has 2 aromatic rings. The highest BCUT2D eigenvalue weighted by atomic mass is 16.5. The van der Waals surface area contributed by atoms with E-state index in [-0.39, 0.29) is 72.3 Å². The van der Waals surface area contributed by atoms with Gasteiger partial charge in [0.15, 0.2) is 0 Å². The Morgan fingerprint density at radius 1 is 0.580 bits per heavy atom. The smallest absolute Gasteiger partial charge is 0.309 e. The number of hydrogen-bond acceptors (Lipinski definition) is 8. The molecule has 0 saturated carbocycles. The number of hydrogen-bond donors (Lipinski definition) is 4. The summed E-state index contributed by atoms with van der Waals surface area (Å²) in [4.78, 5) is 48.8. The SMILES string of the molecule is CC(C)(C)CC(C)(C)c1cc(CCC(=O)OCCNC(=O)C(=O)NCCOC(=O)CCc2ccc(O)c(C(C)(C)CC(C)(C)C)c2)ccc1O. The van der Waals surface area contributed by atoms with Gasteiger partial charge < -0.3 is 30.3 Å². The number of esters is 2. The van der Waals surface area contributed by atoms with Crippen molar-refractivity contribution in [3.05, 3.63) is 58.7 Å². The average Bonchev–Trinajstić information content (AvgIpc) is 2.97. The number of aryl methyl sites for hydroxylation is 2. The van der Waals surface area contributed by atoms with Gasteiger partial charge in [0.05, 0.1) is 13.1 Å². The van der Waals surface area contributed by atoms with Crippen LogP contribution in [0.3, 0.4) is 0 Å². The molecule has 0 bridgehead atoms. The van der Waals surface area contributed by atoms with Crippen molar-refractivity contribution >= 4 is 23.8 Å². The second-order valence-corrected chi connectivity index (χ2v) is 16.9. The quantitative estimate of drug-likeness (QED) is 0.0894. The third kappa shape index (κ3) is 14.8. The number of ether oxygens (including phenoxy) is 2. The zero-order valence-electron chi connectivity index (χ0n) is 31.9. The molecule has 0 spiro atoms. The minimum absolute atomic E-state index is 0.0380. The first-order valence-corrected chi connectivity index (χ1v) is 17.5. The van der Waals surface area contributed by atoms with E-state index in [0.29, 0.717) is 12.8 Å². The van der Waals surface area contributed by atoms with Gasteiger partial charge in [-0.1, -0.05) is 93.5 Å². The molecule has 4 N–H and O–H groups in total. The number of amides is 2. The monoisotopic (exact) mass is 696 g/mol. The largest absolute Gasteiger partial charge is 0.508 e. The zero-order chi connectivity index (χ0) is 37.9. The summed E-state index contributed by atoms with van der Waals surface area (Å²) >= 11 is 0. The predicted molar refractivity (Wildman–Crippen MR) is 195 cm³/mol. The number of carbonyl (C=O) groups excluding carboxylic acids is 4. The van der Waals surface area contributed by atoms with Crippen LogP contribution in [0.25, 0.3) is 0 Å². The first kappa shape index (κ1) is 42.1. The normalized spacial score (nSPS) is 12.3. The molecule has 50 heavy (non-hydrogen) atoms. The molecular weight excluding hydrogens is 636 g/mol. The highest BCUT2D eigenvalue weighted by molar-refractivity contribution is 6.35. The van der Waals surface area contributed by atoms with Crippen LogP contribution in [0.2, 0.25) is 0 Å². The lowest BCUT2D eigenvalue weighted by Gasteiger charge is -2.33. The van der Waals surface area contributed by atoms with Crippen molar-refractivity contribution in [1.82, 2.24) is 10.6 Å². The van der Waals surface area contributed by atoms with Crippen molar-refractivity contribution in [2.24, 2.45) is 10.8 Å². The minimum Gasteiger partial charge on any atom is -0.508 e. The molecular formula is C40H60N2O8. The second-order valence-electron chi connectivity index (χ2n) is 16.9. The van der Waals surface area contributed by atoms with E-state index in [9.17, 15) is 29.4 Å². The predicted octanol–water partition coefficient (Wildman–Crippen LogP) is 6.41. The number of nitrogens with one attached hydrogen (secondary N) is 2. The van der Waals surface area contributed by atoms with Crippen molar-refractivity contribution < 1.29 is 38.9 Å². The Balaban J connectivity index is 1.66. The number of phenolic OH excluding ortho intramolecular Hbond substituents is 2. The van der Waals surface area contributed by atoms with Crippen molar-refractivity contribution in [1.29, 1.82) is 0 Å². The number of carbonyl (C=O) groups is 4. The van der Waals surface area contributed by atoms with Crippen LogP contribution in [0.15, 0.2) is 36.4 Å². The van der Waals surface area contributed by atoms with Gasteiger partial charge >= 0.3 is 23.8 Å². The van der Waals surface area contributed by atoms with Crippen molar-refractivity contribution in [3.63, 3.8) is 0 Å². The number of benzene rings is 2. The van der Waals surface area contributed by atoms with Gasteiger partial charge in [0.2, 0.25) is 0 Å². The van der Waals surface area contributed by atoms with Crippen molar-refractivity contribution in [2.45, 2.75) is 119 Å². The number of aromatic hydroxyl groups is 2. The molecule has 0 atom stereocenters. The molecule has 0 heterocycles. The van der Waals surface area contributed by atoms with E-state index in [1.54, 1.807) is 24.3 Å². The Hall–Kier alpha value is -4.08. The van der Waals surface area contributed by atoms with E-state index in [1.165, 1.54) is 0 Å². The molecule has 0 aliphatic rings. The van der Waals surface area contributed by atoms with E-state index in [0.717, 1.165) is 35.1 Å². The first-order valence-electron chi connectivity index (χ1n) is 17.5. The lowest BCUT2D eigenvalue weighted by Crippen LogP contribution is -2.42. The van der Waals surface area contributed by atoms with Crippen LogP contribution in [-0.4, -0.2) is 60.3 Å². The van der Waals surface area contributed by atoms with Gasteiger partial charge in [-0.05, 0) is 81.7 Å². The lowest BCUT2D eigenvalue weighted by molar-refractivity contribution is -0.145. The summed E-state index contributed by atoms with van der Waals surface area (Å²) in [5, 5.41) is 25.8. The van der Waals surface area contributed by atoms with Crippen LogP contribution in [0.5, 0.6) is 11.5 Å². The summed E-state index contributed by atoms with van der Waals surface area (Å²) in [5.74, 6) is -2.19. The molecule has 278 valence electrons. The van der Waals surface area contributed by atoms with Gasteiger partial charge in [-0.25, -0.2) is 0 Å². The van der Waals surface area contributed by atoms with Gasteiger partial charge in [0, 0.05) is 12.8 Å². The van der Waals surface area contributed by atoms with E-state index in [1.807, 2.05) is 12.1 Å². The average molecular weight is 697 g/mol. The van der Waals surface area contributed by atoms with Crippen LogP contribution in [0, 0.1) is 10.8 Å². The molecule has 0 saturated heterocycles. The van der Waals surface area contributed by atoms with Crippen LogP contribution in [0.1, 0.15) is 117 Å². The molecule has 0 unspecified atom stereocenters. The van der Waals surface area contributed by atoms with Gasteiger partial charge in [-0.2, -0.15) is 0 Å². The molecule has 0 aromatic heterocycles. The Morgan fingerprint density at radius 2 is 0.920 bits per heavy atom. The summed E-state index contributed by atoms with van der Waals surface area (Å²) < 4.78 is 10.4. The van der Waals surface area contributed by atoms with E-state index >= 15 is 0 Å². The third-order valence-corrected chi connectivity index (χ3v) is 8.27. The summed E-state index contributed by atoms with van der Waals surface area (Å²) in [5.41, 5.74) is 3.15. The van der Waals surface area contributed by atoms with Crippen LogP contribution in [0.4, 0.5) is 0 Å². The van der Waals surface area contributed by atoms with Crippen LogP contribution >= 0.6 is 0 Å². The minimum atomic E-state index is -0.889. The second kappa shape index (κ2) is 17.7. The molecule has 2 rings (SSSR count). The van der Waals surface area contributed by atoms with Gasteiger partial charge in [-0.15, -0.1) is 0 Å². The molecule has 10 heteroatoms. The summed E-state index contributed by atoms with van der Waals surface area (Å²) in [6.45, 7) is 21.1. The highest BCUT2D eigenvalue weighted by Gasteiger charge is 2.31. The number of phenols is 2. The van der Waals surface area contributed by atoms with Crippen molar-refractivity contribution in [2.75, 3.05) is 26.3 Å². The van der Waals surface area contributed by atoms with Crippen LogP contribution in [-0.2, 0) is 52.3 Å². The van der Waals surface area contributed by atoms with Gasteiger partial charge in [0.1, 0.15) is 24.7 Å². The molecule has 0 fully saturated rings. The fourth-order valence-corrected chi connectivity index (χ4v) is 6.86. The van der Waals surface area contributed by atoms with Crippen LogP contribution < -0.4 is 10.6 Å². The number of rotatable bonds is 16. The Bertz CT molecular complexity index is 1370. The van der Waals surface area contributed by atoms with Gasteiger partial charge in [0.25, 0.3) is 0 Å². The molecule has 0 aliphatic carbocycles. The zero-order valence-corrected chi connectivity index (χ0v) is 31.9. The third-order valence-electron chi connectivity index (χ3n) is 8.27. The van der Waals surface area contributed by atoms with Crippen molar-refractivity contribution in [3.8, 4) is 11.5 Å². The standard InChI is InChI=1S/C40H60N2O8/c1-37(2,3)25-39(7,8)29-23-27(11-15-31(29)43)13-17-33(45)49-21-19-41-35(47)36(48)42-20-22-50-34(46)18-14-28-12-16-32(44)30(24-28)40(9,10)26-38(4,5)6/h11-12,15-16,23-24,43-44H,13-14,17-22,25-26H2,1-10H3,(H,41,47)(H,42,48). The summed E-state index contributed by atoms with van der Waals surface area (Å²) in [6, 6.07) is 10.8. The van der Waals surface area contributed by atoms with E-state index in [2.05, 4.69) is 79.9 Å². The first-order chi connectivity index (χ1) is 23.0. The molecule has 0 aliphatic heterocycles. The fourth-order valence-electron chi connectivity index (χ4n) is 6.86. The van der Waals surface area contributed by atoms with E-state index < -0.39 is 23.8 Å². The Morgan fingerprint density at radius 3 is 1.24 bits per heavy atom. The van der Waals surface area contributed by atoms with Gasteiger partial charge in [-0.3, -0.25) is 19.2 Å². The topological polar surface area (TPSA) is 151 Å². The maximum Gasteiger partial charge on any atom is 0.309 e. The maximum absolute atomic E-state index is 12.3.